The third-order valence-corrected chi connectivity index (χ3v) is 7.57. The number of aliphatic carboxylic acids is 1. The van der Waals surface area contributed by atoms with Crippen molar-refractivity contribution < 1.29 is 33.0 Å². The van der Waals surface area contributed by atoms with E-state index < -0.39 is 35.5 Å². The number of amidine groups is 1. The molecule has 2 bridgehead atoms. The minimum atomic E-state index is -1.05. The summed E-state index contributed by atoms with van der Waals surface area (Å²) in [5.41, 5.74) is 0.945. The van der Waals surface area contributed by atoms with Gasteiger partial charge < -0.3 is 19.9 Å². The van der Waals surface area contributed by atoms with E-state index in [2.05, 4.69) is 20.2 Å². The number of morpholine rings is 1. The Labute approximate surface area is 209 Å². The molecule has 0 amide bonds. The van der Waals surface area contributed by atoms with Gasteiger partial charge in [0.25, 0.3) is 0 Å². The van der Waals surface area contributed by atoms with Crippen LogP contribution in [0.2, 0.25) is 0 Å². The number of ether oxygens (including phenoxy) is 2. The van der Waals surface area contributed by atoms with Crippen LogP contribution < -0.4 is 5.32 Å². The molecule has 0 radical (unpaired) electrons. The molecule has 3 aliphatic heterocycles. The van der Waals surface area contributed by atoms with Crippen LogP contribution in [-0.4, -0.2) is 71.7 Å². The lowest BCUT2D eigenvalue weighted by Crippen LogP contribution is -2.59. The Morgan fingerprint density at radius 1 is 1.25 bits per heavy atom. The predicted molar refractivity (Wildman–Crippen MR) is 125 cm³/mol. The molecule has 190 valence electrons. The van der Waals surface area contributed by atoms with Gasteiger partial charge in [-0.1, -0.05) is 6.07 Å². The number of hydrogen-bond donors (Lipinski definition) is 2. The molecule has 4 heterocycles. The van der Waals surface area contributed by atoms with E-state index in [0.29, 0.717) is 42.6 Å². The molecule has 2 aromatic rings. The lowest BCUT2D eigenvalue weighted by Gasteiger charge is -2.48. The first-order valence-electron chi connectivity index (χ1n) is 11.4. The van der Waals surface area contributed by atoms with Crippen molar-refractivity contribution in [1.29, 1.82) is 0 Å². The zero-order valence-electron chi connectivity index (χ0n) is 19.3. The molecule has 2 fully saturated rings. The monoisotopic (exact) mass is 518 g/mol. The van der Waals surface area contributed by atoms with E-state index in [-0.39, 0.29) is 29.8 Å². The molecule has 3 unspecified atom stereocenters. The number of methoxy groups -OCH3 is 1. The zero-order chi connectivity index (χ0) is 25.4. The highest BCUT2D eigenvalue weighted by atomic mass is 32.1. The number of piperidine rings is 1. The SMILES string of the molecule is COC(=O)C1=C(CN2C3COCC2CC(C(=O)O)C3)NC(c2nccs2)=NC1c1ccc(F)c(F)c1. The fourth-order valence-corrected chi connectivity index (χ4v) is 5.66. The number of nitrogens with zero attached hydrogens (tertiary/aromatic N) is 3. The number of carboxylic acids is 1. The van der Waals surface area contributed by atoms with Gasteiger partial charge in [0, 0.05) is 35.9 Å². The number of hydrogen-bond acceptors (Lipinski definition) is 9. The van der Waals surface area contributed by atoms with Crippen molar-refractivity contribution in [2.45, 2.75) is 31.0 Å². The van der Waals surface area contributed by atoms with Gasteiger partial charge in [-0.15, -0.1) is 11.3 Å². The van der Waals surface area contributed by atoms with E-state index >= 15 is 0 Å². The maximum atomic E-state index is 14.2. The lowest BCUT2D eigenvalue weighted by molar-refractivity contribution is -0.150. The zero-order valence-corrected chi connectivity index (χ0v) is 20.1. The number of benzene rings is 1. The van der Waals surface area contributed by atoms with Crippen LogP contribution >= 0.6 is 11.3 Å². The molecule has 5 rings (SSSR count). The molecule has 2 saturated heterocycles. The second kappa shape index (κ2) is 10.0. The molecular weight excluding hydrogens is 494 g/mol. The summed E-state index contributed by atoms with van der Waals surface area (Å²) in [6.07, 6.45) is 2.47. The average molecular weight is 519 g/mol. The Morgan fingerprint density at radius 3 is 2.61 bits per heavy atom. The Balaban J connectivity index is 1.57. The smallest absolute Gasteiger partial charge is 0.338 e. The summed E-state index contributed by atoms with van der Waals surface area (Å²) in [6, 6.07) is 2.13. The summed E-state index contributed by atoms with van der Waals surface area (Å²) in [7, 11) is 1.25. The normalized spacial score (nSPS) is 26.2. The Morgan fingerprint density at radius 2 is 2.00 bits per heavy atom. The number of aliphatic imine (C=N–C) groups is 1. The highest BCUT2D eigenvalue weighted by Crippen LogP contribution is 2.36. The molecule has 0 spiro atoms. The van der Waals surface area contributed by atoms with Crippen molar-refractivity contribution >= 4 is 29.1 Å². The van der Waals surface area contributed by atoms with E-state index in [1.807, 2.05) is 0 Å². The Hall–Kier alpha value is -3.22. The third-order valence-electron chi connectivity index (χ3n) is 6.79. The molecule has 12 heteroatoms. The van der Waals surface area contributed by atoms with Gasteiger partial charge in [0.1, 0.15) is 6.04 Å². The fourth-order valence-electron chi connectivity index (χ4n) is 5.08. The van der Waals surface area contributed by atoms with Crippen LogP contribution in [0.5, 0.6) is 0 Å². The summed E-state index contributed by atoms with van der Waals surface area (Å²) in [4.78, 5) is 35.8. The first-order chi connectivity index (χ1) is 17.4. The van der Waals surface area contributed by atoms with Gasteiger partial charge in [-0.25, -0.2) is 18.6 Å². The summed E-state index contributed by atoms with van der Waals surface area (Å²) in [6.45, 7) is 1.02. The number of nitrogens with one attached hydrogen (secondary N) is 1. The highest BCUT2D eigenvalue weighted by molar-refractivity contribution is 7.11. The molecule has 0 saturated carbocycles. The van der Waals surface area contributed by atoms with Crippen molar-refractivity contribution in [3.63, 3.8) is 0 Å². The summed E-state index contributed by atoms with van der Waals surface area (Å²) < 4.78 is 38.7. The van der Waals surface area contributed by atoms with Crippen LogP contribution in [-0.2, 0) is 19.1 Å². The fraction of sp³-hybridized carbons (Fsp3) is 0.417. The molecule has 36 heavy (non-hydrogen) atoms. The molecular formula is C24H24F2N4O5S. The van der Waals surface area contributed by atoms with Crippen LogP contribution in [0.1, 0.15) is 29.5 Å². The topological polar surface area (TPSA) is 113 Å². The van der Waals surface area contributed by atoms with Gasteiger partial charge in [-0.05, 0) is 30.5 Å². The van der Waals surface area contributed by atoms with Gasteiger partial charge in [0.05, 0.1) is 31.8 Å². The molecule has 1 aromatic heterocycles. The molecule has 1 aromatic carbocycles. The average Bonchev–Trinajstić information content (AvgIpc) is 3.39. The van der Waals surface area contributed by atoms with E-state index in [4.69, 9.17) is 9.47 Å². The summed E-state index contributed by atoms with van der Waals surface area (Å²) >= 11 is 1.34. The molecule has 0 aliphatic carbocycles. The predicted octanol–water partition coefficient (Wildman–Crippen LogP) is 2.50. The number of carboxylic acid groups (broad SMARTS) is 1. The number of carbonyl (C=O) groups is 2. The standard InChI is InChI=1S/C24H24F2N4O5S/c1-34-24(33)19-18(9-30-14-6-13(23(31)32)7-15(30)11-35-10-14)28-21(22-27-4-5-36-22)29-20(19)12-2-3-16(25)17(26)8-12/h2-5,8,13-15,20H,6-7,9-11H2,1H3,(H,28,29)(H,31,32). The minimum Gasteiger partial charge on any atom is -0.481 e. The highest BCUT2D eigenvalue weighted by Gasteiger charge is 2.43. The number of halogens is 2. The summed E-state index contributed by atoms with van der Waals surface area (Å²) in [5, 5.41) is 15.1. The van der Waals surface area contributed by atoms with Crippen molar-refractivity contribution in [3.8, 4) is 0 Å². The van der Waals surface area contributed by atoms with Gasteiger partial charge >= 0.3 is 11.9 Å². The van der Waals surface area contributed by atoms with E-state index in [1.165, 1.54) is 24.5 Å². The molecule has 3 aliphatic rings. The van der Waals surface area contributed by atoms with E-state index in [9.17, 15) is 23.5 Å². The second-order valence-electron chi connectivity index (χ2n) is 8.92. The number of thiazole rings is 1. The summed E-state index contributed by atoms with van der Waals surface area (Å²) in [5.74, 6) is -3.61. The largest absolute Gasteiger partial charge is 0.481 e. The Bertz CT molecular complexity index is 1220. The van der Waals surface area contributed by atoms with Crippen LogP contribution in [0.25, 0.3) is 0 Å². The van der Waals surface area contributed by atoms with E-state index in [0.717, 1.165) is 12.1 Å². The second-order valence-corrected chi connectivity index (χ2v) is 9.82. The first kappa shape index (κ1) is 24.5. The maximum Gasteiger partial charge on any atom is 0.338 e. The molecule has 9 nitrogen and oxygen atoms in total. The quantitative estimate of drug-likeness (QED) is 0.561. The van der Waals surface area contributed by atoms with Crippen LogP contribution in [0.4, 0.5) is 8.78 Å². The molecule has 2 N–H and O–H groups in total. The van der Waals surface area contributed by atoms with Crippen LogP contribution in [0.15, 0.2) is 46.0 Å². The van der Waals surface area contributed by atoms with Crippen molar-refractivity contribution in [2.75, 3.05) is 26.9 Å². The maximum absolute atomic E-state index is 14.2. The van der Waals surface area contributed by atoms with Gasteiger partial charge in [0.2, 0.25) is 0 Å². The van der Waals surface area contributed by atoms with Gasteiger partial charge in [-0.2, -0.15) is 0 Å². The number of esters is 1. The number of aromatic nitrogens is 1. The Kier molecular flexibility index (Phi) is 6.82. The minimum absolute atomic E-state index is 0.157. The van der Waals surface area contributed by atoms with Crippen molar-refractivity contribution in [1.82, 2.24) is 15.2 Å². The van der Waals surface area contributed by atoms with E-state index in [1.54, 1.807) is 11.6 Å². The van der Waals surface area contributed by atoms with Crippen molar-refractivity contribution in [3.05, 3.63) is 63.3 Å². The third kappa shape index (κ3) is 4.63. The van der Waals surface area contributed by atoms with Gasteiger partial charge in [-0.3, -0.25) is 14.7 Å². The van der Waals surface area contributed by atoms with Crippen LogP contribution in [0.3, 0.4) is 0 Å². The van der Waals surface area contributed by atoms with Crippen LogP contribution in [0, 0.1) is 17.6 Å². The first-order valence-corrected chi connectivity index (χ1v) is 12.3. The van der Waals surface area contributed by atoms with Gasteiger partial charge in [0.15, 0.2) is 22.5 Å². The number of carbonyl (C=O) groups excluding carboxylic acids is 1. The number of fused-ring (bicyclic) bond motifs is 2. The number of rotatable bonds is 6. The van der Waals surface area contributed by atoms with Crippen molar-refractivity contribution in [2.24, 2.45) is 10.9 Å². The lowest BCUT2D eigenvalue weighted by atomic mass is 9.84. The molecule has 3 atom stereocenters.